The lowest BCUT2D eigenvalue weighted by Crippen LogP contribution is -2.44. The van der Waals surface area contributed by atoms with Gasteiger partial charge in [-0.1, -0.05) is 23.2 Å². The third-order valence-corrected chi connectivity index (χ3v) is 5.53. The molecule has 1 saturated heterocycles. The molecule has 0 aliphatic carbocycles. The molecule has 1 aliphatic heterocycles. The van der Waals surface area contributed by atoms with Crippen LogP contribution < -0.4 is 5.32 Å². The number of hydrogen-bond acceptors (Lipinski definition) is 5. The van der Waals surface area contributed by atoms with Crippen molar-refractivity contribution in [1.29, 1.82) is 0 Å². The van der Waals surface area contributed by atoms with E-state index in [4.69, 9.17) is 32.7 Å². The molecule has 1 N–H and O–H groups in total. The fourth-order valence-electron chi connectivity index (χ4n) is 3.20. The number of nitrogens with zero attached hydrogens (tertiary/aromatic N) is 1. The molecule has 8 heteroatoms. The molecule has 1 aromatic rings. The third kappa shape index (κ3) is 5.92. The Morgan fingerprint density at radius 2 is 1.82 bits per heavy atom. The van der Waals surface area contributed by atoms with Crippen molar-refractivity contribution in [3.05, 3.63) is 27.7 Å². The van der Waals surface area contributed by atoms with Crippen molar-refractivity contribution in [1.82, 2.24) is 4.90 Å². The second-order valence-corrected chi connectivity index (χ2v) is 8.83. The van der Waals surface area contributed by atoms with Crippen molar-refractivity contribution < 1.29 is 19.1 Å². The highest BCUT2D eigenvalue weighted by molar-refractivity contribution is 6.44. The van der Waals surface area contributed by atoms with Crippen molar-refractivity contribution in [2.75, 3.05) is 25.5 Å². The fourth-order valence-corrected chi connectivity index (χ4v) is 3.58. The first kappa shape index (κ1) is 22.6. The number of nitrogens with one attached hydrogen (secondary N) is 1. The number of methoxy groups -OCH3 is 1. The van der Waals surface area contributed by atoms with Gasteiger partial charge in [-0.25, -0.2) is 9.59 Å². The van der Waals surface area contributed by atoms with Crippen LogP contribution in [0.15, 0.2) is 12.1 Å². The number of amides is 1. The Kier molecular flexibility index (Phi) is 7.46. The first-order valence-corrected chi connectivity index (χ1v) is 10.1. The van der Waals surface area contributed by atoms with Crippen molar-refractivity contribution in [2.45, 2.75) is 52.2 Å². The zero-order valence-electron chi connectivity index (χ0n) is 17.0. The van der Waals surface area contributed by atoms with Gasteiger partial charge in [0.15, 0.2) is 0 Å². The van der Waals surface area contributed by atoms with Crippen LogP contribution in [-0.2, 0) is 9.47 Å². The molecule has 1 aromatic carbocycles. The van der Waals surface area contributed by atoms with Crippen LogP contribution in [-0.4, -0.2) is 48.8 Å². The van der Waals surface area contributed by atoms with E-state index in [1.165, 1.54) is 13.2 Å². The number of likely N-dealkylation sites (tertiary alicyclic amines) is 1. The third-order valence-electron chi connectivity index (χ3n) is 4.73. The smallest absolute Gasteiger partial charge is 0.410 e. The molecule has 0 radical (unpaired) electrons. The van der Waals surface area contributed by atoms with Crippen molar-refractivity contribution in [3.63, 3.8) is 0 Å². The Balaban J connectivity index is 1.99. The second kappa shape index (κ2) is 9.23. The molecule has 0 unspecified atom stereocenters. The summed E-state index contributed by atoms with van der Waals surface area (Å²) in [6.45, 7) is 8.93. The second-order valence-electron chi connectivity index (χ2n) is 8.05. The van der Waals surface area contributed by atoms with Crippen LogP contribution in [0.2, 0.25) is 10.0 Å². The van der Waals surface area contributed by atoms with E-state index in [9.17, 15) is 9.59 Å². The summed E-state index contributed by atoms with van der Waals surface area (Å²) < 4.78 is 10.2. The molecule has 1 amide bonds. The summed E-state index contributed by atoms with van der Waals surface area (Å²) in [4.78, 5) is 25.8. The monoisotopic (exact) mass is 430 g/mol. The average Bonchev–Trinajstić information content (AvgIpc) is 2.63. The molecular weight excluding hydrogens is 403 g/mol. The highest BCUT2D eigenvalue weighted by Crippen LogP contribution is 2.34. The highest BCUT2D eigenvalue weighted by atomic mass is 35.5. The van der Waals surface area contributed by atoms with Crippen molar-refractivity contribution in [2.24, 2.45) is 5.92 Å². The van der Waals surface area contributed by atoms with E-state index in [1.807, 2.05) is 20.8 Å². The zero-order valence-corrected chi connectivity index (χ0v) is 18.5. The van der Waals surface area contributed by atoms with Gasteiger partial charge in [0.05, 0.1) is 28.4 Å². The SMILES string of the molecule is COC(=O)c1cc(Cl)c(Cl)c(N[C@@H](C)C2CCN(C(=O)OC(C)(C)C)CC2)c1. The number of anilines is 1. The molecule has 1 heterocycles. The van der Waals surface area contributed by atoms with Crippen LogP contribution >= 0.6 is 23.2 Å². The van der Waals surface area contributed by atoms with Crippen LogP contribution in [0.25, 0.3) is 0 Å². The molecular formula is C20H28Cl2N2O4. The number of hydrogen-bond donors (Lipinski definition) is 1. The molecule has 0 spiro atoms. The standard InChI is InChI=1S/C20H28Cl2N2O4/c1-12(13-6-8-24(9-7-13)19(26)28-20(2,3)4)23-16-11-14(18(25)27-5)10-15(21)17(16)22/h10-13,23H,6-9H2,1-5H3/t12-/m0/s1. The Morgan fingerprint density at radius 1 is 1.21 bits per heavy atom. The van der Waals surface area contributed by atoms with Crippen LogP contribution in [0.5, 0.6) is 0 Å². The Labute approximate surface area is 176 Å². The average molecular weight is 431 g/mol. The van der Waals surface area contributed by atoms with Gasteiger partial charge in [-0.05, 0) is 58.6 Å². The molecule has 0 bridgehead atoms. The van der Waals surface area contributed by atoms with Gasteiger partial charge < -0.3 is 19.7 Å². The molecule has 0 saturated carbocycles. The summed E-state index contributed by atoms with van der Waals surface area (Å²) in [5.74, 6) is -0.129. The van der Waals surface area contributed by atoms with Gasteiger partial charge in [0, 0.05) is 19.1 Å². The first-order valence-electron chi connectivity index (χ1n) is 9.33. The van der Waals surface area contributed by atoms with E-state index in [0.29, 0.717) is 40.3 Å². The zero-order chi connectivity index (χ0) is 21.1. The van der Waals surface area contributed by atoms with Gasteiger partial charge >= 0.3 is 12.1 Å². The lowest BCUT2D eigenvalue weighted by atomic mass is 9.90. The van der Waals surface area contributed by atoms with E-state index in [0.717, 1.165) is 12.8 Å². The van der Waals surface area contributed by atoms with E-state index in [2.05, 4.69) is 12.2 Å². The maximum Gasteiger partial charge on any atom is 0.410 e. The summed E-state index contributed by atoms with van der Waals surface area (Å²) in [6, 6.07) is 3.22. The van der Waals surface area contributed by atoms with Crippen LogP contribution in [0.1, 0.15) is 50.9 Å². The number of piperidine rings is 1. The fraction of sp³-hybridized carbons (Fsp3) is 0.600. The molecule has 1 aliphatic rings. The maximum atomic E-state index is 12.2. The van der Waals surface area contributed by atoms with E-state index >= 15 is 0 Å². The number of carbonyl (C=O) groups is 2. The number of carbonyl (C=O) groups excluding carboxylic acids is 2. The quantitative estimate of drug-likeness (QED) is 0.662. The number of benzene rings is 1. The minimum Gasteiger partial charge on any atom is -0.465 e. The topological polar surface area (TPSA) is 67.9 Å². The highest BCUT2D eigenvalue weighted by Gasteiger charge is 2.29. The molecule has 2 rings (SSSR count). The van der Waals surface area contributed by atoms with E-state index < -0.39 is 11.6 Å². The van der Waals surface area contributed by atoms with Crippen molar-refractivity contribution in [3.8, 4) is 0 Å². The lowest BCUT2D eigenvalue weighted by molar-refractivity contribution is 0.0179. The number of ether oxygens (including phenoxy) is 2. The molecule has 1 atom stereocenters. The molecule has 0 aromatic heterocycles. The van der Waals surface area contributed by atoms with Gasteiger partial charge in [0.1, 0.15) is 5.60 Å². The van der Waals surface area contributed by atoms with Gasteiger partial charge in [0.25, 0.3) is 0 Å². The van der Waals surface area contributed by atoms with Gasteiger partial charge in [-0.15, -0.1) is 0 Å². The minimum atomic E-state index is -0.497. The maximum absolute atomic E-state index is 12.2. The van der Waals surface area contributed by atoms with E-state index in [1.54, 1.807) is 11.0 Å². The van der Waals surface area contributed by atoms with Crippen LogP contribution in [0.3, 0.4) is 0 Å². The first-order chi connectivity index (χ1) is 13.0. The summed E-state index contributed by atoms with van der Waals surface area (Å²) in [7, 11) is 1.32. The minimum absolute atomic E-state index is 0.0854. The summed E-state index contributed by atoms with van der Waals surface area (Å²) >= 11 is 12.5. The predicted molar refractivity (Wildman–Crippen MR) is 111 cm³/mol. The molecule has 1 fully saturated rings. The van der Waals surface area contributed by atoms with Crippen LogP contribution in [0.4, 0.5) is 10.5 Å². The van der Waals surface area contributed by atoms with Gasteiger partial charge in [-0.3, -0.25) is 0 Å². The Morgan fingerprint density at radius 3 is 2.36 bits per heavy atom. The summed E-state index contributed by atoms with van der Waals surface area (Å²) in [5.41, 5.74) is 0.437. The van der Waals surface area contributed by atoms with E-state index in [-0.39, 0.29) is 12.1 Å². The molecule has 28 heavy (non-hydrogen) atoms. The Bertz CT molecular complexity index is 726. The number of rotatable bonds is 4. The lowest BCUT2D eigenvalue weighted by Gasteiger charge is -2.36. The van der Waals surface area contributed by atoms with Crippen molar-refractivity contribution >= 4 is 41.0 Å². The summed E-state index contributed by atoms with van der Waals surface area (Å²) in [6.07, 6.45) is 1.41. The van der Waals surface area contributed by atoms with Crippen LogP contribution in [0, 0.1) is 5.92 Å². The summed E-state index contributed by atoms with van der Waals surface area (Å²) in [5, 5.41) is 4.02. The number of esters is 1. The Hall–Kier alpha value is -1.66. The van der Waals surface area contributed by atoms with Gasteiger partial charge in [-0.2, -0.15) is 0 Å². The molecule has 156 valence electrons. The molecule has 6 nitrogen and oxygen atoms in total. The van der Waals surface area contributed by atoms with Gasteiger partial charge in [0.2, 0.25) is 0 Å². The predicted octanol–water partition coefficient (Wildman–Crippen LogP) is 5.23. The largest absolute Gasteiger partial charge is 0.465 e. The normalized spacial score (nSPS) is 16.5. The number of halogens is 2.